The largest absolute Gasteiger partial charge is 0.389 e. The standard InChI is InChI=1S/C12H17F3N2O2/c1-2-10(18)16-9-4-3-7-17(8-9)11(19)5-6-12(13,14)15/h2,9H,1,3-8H2,(H,16,18). The van der Waals surface area contributed by atoms with Crippen molar-refractivity contribution in [1.29, 1.82) is 0 Å². The molecule has 0 spiro atoms. The van der Waals surface area contributed by atoms with Gasteiger partial charge in [0.25, 0.3) is 0 Å². The summed E-state index contributed by atoms with van der Waals surface area (Å²) in [6.45, 7) is 4.02. The van der Waals surface area contributed by atoms with Gasteiger partial charge in [-0.15, -0.1) is 0 Å². The van der Waals surface area contributed by atoms with E-state index in [1.165, 1.54) is 4.90 Å². The first-order valence-electron chi connectivity index (χ1n) is 6.09. The number of hydrogen-bond donors (Lipinski definition) is 1. The summed E-state index contributed by atoms with van der Waals surface area (Å²) in [5.41, 5.74) is 0. The van der Waals surface area contributed by atoms with E-state index in [4.69, 9.17) is 0 Å². The highest BCUT2D eigenvalue weighted by Crippen LogP contribution is 2.22. The molecule has 1 saturated heterocycles. The van der Waals surface area contributed by atoms with E-state index in [1.54, 1.807) is 0 Å². The van der Waals surface area contributed by atoms with Gasteiger partial charge in [0.1, 0.15) is 0 Å². The Morgan fingerprint density at radius 2 is 2.11 bits per heavy atom. The molecule has 7 heteroatoms. The molecule has 19 heavy (non-hydrogen) atoms. The molecular formula is C12H17F3N2O2. The maximum atomic E-state index is 12.0. The van der Waals surface area contributed by atoms with Crippen molar-refractivity contribution < 1.29 is 22.8 Å². The number of halogens is 3. The van der Waals surface area contributed by atoms with E-state index in [0.29, 0.717) is 19.4 Å². The van der Waals surface area contributed by atoms with Crippen LogP contribution in [0.3, 0.4) is 0 Å². The third-order valence-electron chi connectivity index (χ3n) is 2.93. The highest BCUT2D eigenvalue weighted by molar-refractivity contribution is 5.87. The van der Waals surface area contributed by atoms with Crippen molar-refractivity contribution in [3.05, 3.63) is 12.7 Å². The van der Waals surface area contributed by atoms with Gasteiger partial charge in [-0.25, -0.2) is 0 Å². The molecule has 1 aliphatic rings. The van der Waals surface area contributed by atoms with Crippen LogP contribution in [0.15, 0.2) is 12.7 Å². The van der Waals surface area contributed by atoms with E-state index >= 15 is 0 Å². The molecule has 1 rings (SSSR count). The van der Waals surface area contributed by atoms with E-state index in [9.17, 15) is 22.8 Å². The quantitative estimate of drug-likeness (QED) is 0.794. The number of nitrogens with one attached hydrogen (secondary N) is 1. The number of piperidine rings is 1. The Bertz CT molecular complexity index is 355. The average Bonchev–Trinajstić information content (AvgIpc) is 2.35. The van der Waals surface area contributed by atoms with Crippen LogP contribution in [0.1, 0.15) is 25.7 Å². The molecule has 0 saturated carbocycles. The number of alkyl halides is 3. The first-order valence-corrected chi connectivity index (χ1v) is 6.09. The molecule has 1 fully saturated rings. The minimum absolute atomic E-state index is 0.214. The molecule has 0 radical (unpaired) electrons. The molecule has 0 aliphatic carbocycles. The van der Waals surface area contributed by atoms with E-state index in [2.05, 4.69) is 11.9 Å². The fourth-order valence-electron chi connectivity index (χ4n) is 1.99. The van der Waals surface area contributed by atoms with Crippen molar-refractivity contribution in [3.8, 4) is 0 Å². The van der Waals surface area contributed by atoms with Crippen molar-refractivity contribution in [2.24, 2.45) is 0 Å². The lowest BCUT2D eigenvalue weighted by molar-refractivity contribution is -0.149. The number of nitrogens with zero attached hydrogens (tertiary/aromatic N) is 1. The predicted octanol–water partition coefficient (Wildman–Crippen LogP) is 1.62. The Morgan fingerprint density at radius 3 is 2.68 bits per heavy atom. The van der Waals surface area contributed by atoms with E-state index in [1.807, 2.05) is 0 Å². The van der Waals surface area contributed by atoms with Crippen LogP contribution >= 0.6 is 0 Å². The SMILES string of the molecule is C=CC(=O)NC1CCCN(C(=O)CCC(F)(F)F)C1. The Morgan fingerprint density at radius 1 is 1.42 bits per heavy atom. The highest BCUT2D eigenvalue weighted by atomic mass is 19.4. The van der Waals surface area contributed by atoms with Crippen LogP contribution in [0.4, 0.5) is 13.2 Å². The molecule has 0 aromatic heterocycles. The van der Waals surface area contributed by atoms with Crippen molar-refractivity contribution in [1.82, 2.24) is 10.2 Å². The van der Waals surface area contributed by atoms with E-state index < -0.39 is 24.9 Å². The lowest BCUT2D eigenvalue weighted by Gasteiger charge is -2.33. The second-order valence-electron chi connectivity index (χ2n) is 4.51. The van der Waals surface area contributed by atoms with E-state index in [-0.39, 0.29) is 18.5 Å². The first kappa shape index (κ1) is 15.5. The second kappa shape index (κ2) is 6.58. The molecule has 1 aliphatic heterocycles. The molecule has 0 aromatic rings. The summed E-state index contributed by atoms with van der Waals surface area (Å²) < 4.78 is 36.1. The van der Waals surface area contributed by atoms with Gasteiger partial charge >= 0.3 is 6.18 Å². The van der Waals surface area contributed by atoms with Crippen LogP contribution in [-0.4, -0.2) is 42.0 Å². The fourth-order valence-corrected chi connectivity index (χ4v) is 1.99. The Labute approximate surface area is 109 Å². The van der Waals surface area contributed by atoms with Crippen molar-refractivity contribution in [2.75, 3.05) is 13.1 Å². The molecule has 4 nitrogen and oxygen atoms in total. The van der Waals surface area contributed by atoms with Gasteiger partial charge in [-0.1, -0.05) is 6.58 Å². The minimum Gasteiger partial charge on any atom is -0.348 e. The van der Waals surface area contributed by atoms with Gasteiger partial charge in [0.05, 0.1) is 6.42 Å². The monoisotopic (exact) mass is 278 g/mol. The minimum atomic E-state index is -4.32. The maximum absolute atomic E-state index is 12.0. The van der Waals surface area contributed by atoms with Gasteiger partial charge in [0.2, 0.25) is 11.8 Å². The first-order chi connectivity index (χ1) is 8.81. The number of hydrogen-bond acceptors (Lipinski definition) is 2. The van der Waals surface area contributed by atoms with Crippen LogP contribution in [-0.2, 0) is 9.59 Å². The number of amides is 2. The lowest BCUT2D eigenvalue weighted by Crippen LogP contribution is -2.49. The maximum Gasteiger partial charge on any atom is 0.389 e. The van der Waals surface area contributed by atoms with Gasteiger partial charge in [0, 0.05) is 25.6 Å². The molecule has 1 heterocycles. The lowest BCUT2D eigenvalue weighted by atomic mass is 10.0. The summed E-state index contributed by atoms with van der Waals surface area (Å²) in [5.74, 6) is -0.857. The molecule has 1 unspecified atom stereocenters. The third kappa shape index (κ3) is 5.76. The second-order valence-corrected chi connectivity index (χ2v) is 4.51. The van der Waals surface area contributed by atoms with Gasteiger partial charge in [-0.2, -0.15) is 13.2 Å². The summed E-state index contributed by atoms with van der Waals surface area (Å²) in [5, 5.41) is 2.65. The summed E-state index contributed by atoms with van der Waals surface area (Å²) in [6.07, 6.45) is -3.45. The van der Waals surface area contributed by atoms with Gasteiger partial charge in [-0.05, 0) is 18.9 Å². The zero-order valence-corrected chi connectivity index (χ0v) is 10.5. The topological polar surface area (TPSA) is 49.4 Å². The number of likely N-dealkylation sites (tertiary alicyclic amines) is 1. The Kier molecular flexibility index (Phi) is 5.38. The Hall–Kier alpha value is -1.53. The average molecular weight is 278 g/mol. The zero-order chi connectivity index (χ0) is 14.5. The van der Waals surface area contributed by atoms with Gasteiger partial charge in [-0.3, -0.25) is 9.59 Å². The molecule has 1 N–H and O–H groups in total. The molecule has 1 atom stereocenters. The van der Waals surface area contributed by atoms with E-state index in [0.717, 1.165) is 6.08 Å². The molecule has 0 bridgehead atoms. The smallest absolute Gasteiger partial charge is 0.348 e. The third-order valence-corrected chi connectivity index (χ3v) is 2.93. The summed E-state index contributed by atoms with van der Waals surface area (Å²) in [4.78, 5) is 24.1. The number of carbonyl (C=O) groups is 2. The summed E-state index contributed by atoms with van der Waals surface area (Å²) in [7, 11) is 0. The summed E-state index contributed by atoms with van der Waals surface area (Å²) in [6, 6.07) is -0.214. The zero-order valence-electron chi connectivity index (χ0n) is 10.5. The van der Waals surface area contributed by atoms with Crippen molar-refractivity contribution >= 4 is 11.8 Å². The predicted molar refractivity (Wildman–Crippen MR) is 63.2 cm³/mol. The van der Waals surface area contributed by atoms with Crippen LogP contribution < -0.4 is 5.32 Å². The summed E-state index contributed by atoms with van der Waals surface area (Å²) >= 11 is 0. The van der Waals surface area contributed by atoms with Crippen LogP contribution in [0, 0.1) is 0 Å². The molecule has 0 aromatic carbocycles. The number of rotatable bonds is 4. The fraction of sp³-hybridized carbons (Fsp3) is 0.667. The van der Waals surface area contributed by atoms with Crippen LogP contribution in [0.5, 0.6) is 0 Å². The van der Waals surface area contributed by atoms with Crippen LogP contribution in [0.2, 0.25) is 0 Å². The molecular weight excluding hydrogens is 261 g/mol. The molecule has 2 amide bonds. The van der Waals surface area contributed by atoms with Gasteiger partial charge in [0.15, 0.2) is 0 Å². The van der Waals surface area contributed by atoms with Crippen molar-refractivity contribution in [2.45, 2.75) is 37.9 Å². The van der Waals surface area contributed by atoms with Crippen LogP contribution in [0.25, 0.3) is 0 Å². The Balaban J connectivity index is 2.43. The highest BCUT2D eigenvalue weighted by Gasteiger charge is 2.30. The number of carbonyl (C=O) groups excluding carboxylic acids is 2. The van der Waals surface area contributed by atoms with Crippen molar-refractivity contribution in [3.63, 3.8) is 0 Å². The normalized spacial score (nSPS) is 19.9. The van der Waals surface area contributed by atoms with Gasteiger partial charge < -0.3 is 10.2 Å². The molecule has 108 valence electrons.